The van der Waals surface area contributed by atoms with Crippen LogP contribution in [0.25, 0.3) is 0 Å². The predicted octanol–water partition coefficient (Wildman–Crippen LogP) is 2.01. The molecule has 0 spiro atoms. The van der Waals surface area contributed by atoms with Crippen molar-refractivity contribution < 1.29 is 19.2 Å². The van der Waals surface area contributed by atoms with Gasteiger partial charge in [-0.3, -0.25) is 19.7 Å². The van der Waals surface area contributed by atoms with Gasteiger partial charge < -0.3 is 9.64 Å². The van der Waals surface area contributed by atoms with Crippen molar-refractivity contribution >= 4 is 17.6 Å². The number of amides is 1. The van der Waals surface area contributed by atoms with Gasteiger partial charge in [-0.2, -0.15) is 0 Å². The van der Waals surface area contributed by atoms with Crippen molar-refractivity contribution in [2.45, 2.75) is 19.8 Å². The van der Waals surface area contributed by atoms with Crippen LogP contribution in [0.4, 0.5) is 5.69 Å². The van der Waals surface area contributed by atoms with Gasteiger partial charge in [-0.15, -0.1) is 0 Å². The lowest BCUT2D eigenvalue weighted by Crippen LogP contribution is -2.33. The quantitative estimate of drug-likeness (QED) is 0.332. The molecule has 0 bridgehead atoms. The van der Waals surface area contributed by atoms with Crippen LogP contribution in [0.1, 0.15) is 30.1 Å². The number of carbonyl (C=O) groups excluding carboxylic acids is 2. The third-order valence-electron chi connectivity index (χ3n) is 2.80. The Labute approximate surface area is 122 Å². The van der Waals surface area contributed by atoms with Crippen molar-refractivity contribution in [2.75, 3.05) is 20.2 Å². The molecule has 0 N–H and O–H groups in total. The predicted molar refractivity (Wildman–Crippen MR) is 75.9 cm³/mol. The van der Waals surface area contributed by atoms with Gasteiger partial charge >= 0.3 is 5.97 Å². The van der Waals surface area contributed by atoms with Crippen molar-refractivity contribution in [3.05, 3.63) is 39.9 Å². The number of nitrogens with zero attached hydrogens (tertiary/aromatic N) is 2. The molecule has 0 aliphatic carbocycles. The normalized spacial score (nSPS) is 10.0. The first-order chi connectivity index (χ1) is 9.95. The Morgan fingerprint density at radius 2 is 1.90 bits per heavy atom. The van der Waals surface area contributed by atoms with E-state index < -0.39 is 16.8 Å². The average Bonchev–Trinajstić information content (AvgIpc) is 2.46. The average molecular weight is 294 g/mol. The maximum Gasteiger partial charge on any atom is 0.325 e. The molecule has 114 valence electrons. The van der Waals surface area contributed by atoms with Crippen molar-refractivity contribution in [3.63, 3.8) is 0 Å². The summed E-state index contributed by atoms with van der Waals surface area (Å²) in [4.78, 5) is 34.8. The second-order valence-electron chi connectivity index (χ2n) is 4.54. The number of benzene rings is 1. The van der Waals surface area contributed by atoms with E-state index >= 15 is 0 Å². The summed E-state index contributed by atoms with van der Waals surface area (Å²) < 4.78 is 4.97. The topological polar surface area (TPSA) is 89.8 Å². The Morgan fingerprint density at radius 3 is 2.43 bits per heavy atom. The standard InChI is InChI=1S/C14H18N2O5/c1-3-4-9-21-13(17)10-15(2)14(18)11-5-7-12(8-6-11)16(19)20/h5-8H,3-4,9-10H2,1-2H3. The molecule has 0 fully saturated rings. The van der Waals surface area contributed by atoms with E-state index in [4.69, 9.17) is 4.74 Å². The largest absolute Gasteiger partial charge is 0.464 e. The fourth-order valence-electron chi connectivity index (χ4n) is 1.59. The third-order valence-corrected chi connectivity index (χ3v) is 2.80. The number of hydrogen-bond acceptors (Lipinski definition) is 5. The van der Waals surface area contributed by atoms with Crippen LogP contribution in [0.3, 0.4) is 0 Å². The number of esters is 1. The van der Waals surface area contributed by atoms with Gasteiger partial charge in [-0.05, 0) is 18.6 Å². The molecule has 0 aromatic heterocycles. The van der Waals surface area contributed by atoms with Gasteiger partial charge in [0.15, 0.2) is 0 Å². The lowest BCUT2D eigenvalue weighted by atomic mass is 10.2. The lowest BCUT2D eigenvalue weighted by molar-refractivity contribution is -0.384. The molecular formula is C14H18N2O5. The fraction of sp³-hybridized carbons (Fsp3) is 0.429. The summed E-state index contributed by atoms with van der Waals surface area (Å²) in [6.45, 7) is 2.17. The summed E-state index contributed by atoms with van der Waals surface area (Å²) in [5.41, 5.74) is 0.192. The zero-order valence-corrected chi connectivity index (χ0v) is 12.1. The molecule has 21 heavy (non-hydrogen) atoms. The Hall–Kier alpha value is -2.44. The van der Waals surface area contributed by atoms with Crippen LogP contribution in [-0.4, -0.2) is 41.9 Å². The highest BCUT2D eigenvalue weighted by molar-refractivity contribution is 5.95. The van der Waals surface area contributed by atoms with Crippen LogP contribution in [-0.2, 0) is 9.53 Å². The summed E-state index contributed by atoms with van der Waals surface area (Å²) >= 11 is 0. The minimum absolute atomic E-state index is 0.0896. The SMILES string of the molecule is CCCCOC(=O)CN(C)C(=O)c1ccc([N+](=O)[O-])cc1. The molecule has 1 amide bonds. The molecule has 0 saturated carbocycles. The van der Waals surface area contributed by atoms with Gasteiger partial charge in [0.25, 0.3) is 11.6 Å². The van der Waals surface area contributed by atoms with Gasteiger partial charge in [-0.1, -0.05) is 13.3 Å². The summed E-state index contributed by atoms with van der Waals surface area (Å²) in [6.07, 6.45) is 1.70. The van der Waals surface area contributed by atoms with Crippen LogP contribution in [0.15, 0.2) is 24.3 Å². The molecule has 0 saturated heterocycles. The minimum atomic E-state index is -0.539. The number of carbonyl (C=O) groups is 2. The second-order valence-corrected chi connectivity index (χ2v) is 4.54. The zero-order chi connectivity index (χ0) is 15.8. The molecule has 0 heterocycles. The highest BCUT2D eigenvalue weighted by atomic mass is 16.6. The number of hydrogen-bond donors (Lipinski definition) is 0. The first-order valence-corrected chi connectivity index (χ1v) is 6.61. The van der Waals surface area contributed by atoms with Crippen molar-refractivity contribution in [1.82, 2.24) is 4.90 Å². The molecule has 1 aromatic carbocycles. The van der Waals surface area contributed by atoms with E-state index in [1.807, 2.05) is 6.92 Å². The van der Waals surface area contributed by atoms with E-state index in [1.54, 1.807) is 0 Å². The van der Waals surface area contributed by atoms with Gasteiger partial charge in [0.1, 0.15) is 6.54 Å². The van der Waals surface area contributed by atoms with Crippen LogP contribution < -0.4 is 0 Å². The van der Waals surface area contributed by atoms with Crippen molar-refractivity contribution in [1.29, 1.82) is 0 Å². The number of nitro benzene ring substituents is 1. The lowest BCUT2D eigenvalue weighted by Gasteiger charge is -2.16. The van der Waals surface area contributed by atoms with Crippen molar-refractivity contribution in [3.8, 4) is 0 Å². The molecule has 1 rings (SSSR count). The summed E-state index contributed by atoms with van der Waals surface area (Å²) in [6, 6.07) is 5.22. The van der Waals surface area contributed by atoms with E-state index in [9.17, 15) is 19.7 Å². The molecule has 7 nitrogen and oxygen atoms in total. The van der Waals surface area contributed by atoms with E-state index in [0.717, 1.165) is 12.8 Å². The summed E-state index contributed by atoms with van der Waals surface area (Å²) in [5.74, 6) is -0.862. The number of rotatable bonds is 7. The van der Waals surface area contributed by atoms with Gasteiger partial charge in [0.2, 0.25) is 0 Å². The van der Waals surface area contributed by atoms with Gasteiger partial charge in [0, 0.05) is 24.7 Å². The molecule has 0 aliphatic heterocycles. The molecule has 0 radical (unpaired) electrons. The van der Waals surface area contributed by atoms with Crippen molar-refractivity contribution in [2.24, 2.45) is 0 Å². The molecule has 7 heteroatoms. The van der Waals surface area contributed by atoms with Gasteiger partial charge in [0.05, 0.1) is 11.5 Å². The maximum absolute atomic E-state index is 12.0. The summed E-state index contributed by atoms with van der Waals surface area (Å²) in [7, 11) is 1.48. The Kier molecular flexibility index (Phi) is 6.32. The van der Waals surface area contributed by atoms with Crippen LogP contribution in [0.5, 0.6) is 0 Å². The van der Waals surface area contributed by atoms with Crippen LogP contribution in [0, 0.1) is 10.1 Å². The molecule has 0 aliphatic rings. The summed E-state index contributed by atoms with van der Waals surface area (Å²) in [5, 5.41) is 10.5. The van der Waals surface area contributed by atoms with E-state index in [0.29, 0.717) is 6.61 Å². The Bertz CT molecular complexity index is 513. The third kappa shape index (κ3) is 5.21. The maximum atomic E-state index is 12.0. The van der Waals surface area contributed by atoms with Crippen LogP contribution >= 0.6 is 0 Å². The fourth-order valence-corrected chi connectivity index (χ4v) is 1.59. The first-order valence-electron chi connectivity index (χ1n) is 6.61. The Balaban J connectivity index is 2.57. The monoisotopic (exact) mass is 294 g/mol. The highest BCUT2D eigenvalue weighted by Gasteiger charge is 2.16. The van der Waals surface area contributed by atoms with E-state index in [1.165, 1.54) is 36.2 Å². The highest BCUT2D eigenvalue weighted by Crippen LogP contribution is 2.13. The Morgan fingerprint density at radius 1 is 1.29 bits per heavy atom. The van der Waals surface area contributed by atoms with E-state index in [-0.39, 0.29) is 17.8 Å². The number of unbranched alkanes of at least 4 members (excludes halogenated alkanes) is 1. The molecule has 0 unspecified atom stereocenters. The number of non-ortho nitro benzene ring substituents is 1. The molecule has 1 aromatic rings. The molecular weight excluding hydrogens is 276 g/mol. The van der Waals surface area contributed by atoms with E-state index in [2.05, 4.69) is 0 Å². The number of likely N-dealkylation sites (N-methyl/N-ethyl adjacent to an activating group) is 1. The number of ether oxygens (including phenoxy) is 1. The van der Waals surface area contributed by atoms with Crippen LogP contribution in [0.2, 0.25) is 0 Å². The minimum Gasteiger partial charge on any atom is -0.464 e. The second kappa shape index (κ2) is 7.98. The zero-order valence-electron chi connectivity index (χ0n) is 12.1. The first kappa shape index (κ1) is 16.6. The smallest absolute Gasteiger partial charge is 0.325 e. The molecule has 0 atom stereocenters. The van der Waals surface area contributed by atoms with Gasteiger partial charge in [-0.25, -0.2) is 0 Å². The number of nitro groups is 1.